The number of ether oxygens (including phenoxy) is 1. The number of fused-ring (bicyclic) bond motifs is 1. The van der Waals surface area contributed by atoms with Crippen molar-refractivity contribution in [2.45, 2.75) is 32.8 Å². The van der Waals surface area contributed by atoms with Crippen molar-refractivity contribution in [1.82, 2.24) is 9.97 Å². The van der Waals surface area contributed by atoms with Crippen LogP contribution in [0.25, 0.3) is 22.2 Å². The topological polar surface area (TPSA) is 68.1 Å². The number of oxazole rings is 1. The third kappa shape index (κ3) is 2.88. The Morgan fingerprint density at radius 1 is 1.36 bits per heavy atom. The summed E-state index contributed by atoms with van der Waals surface area (Å²) in [6.45, 7) is 5.07. The number of hydrogen-bond acceptors (Lipinski definition) is 4. The first-order valence-corrected chi connectivity index (χ1v) is 7.15. The van der Waals surface area contributed by atoms with E-state index in [1.54, 1.807) is 6.20 Å². The minimum atomic E-state index is -0.645. The van der Waals surface area contributed by atoms with Crippen LogP contribution in [0.5, 0.6) is 0 Å². The zero-order valence-electron chi connectivity index (χ0n) is 12.8. The molecule has 5 nitrogen and oxygen atoms in total. The average Bonchev–Trinajstić information content (AvgIpc) is 3.02. The lowest BCUT2D eigenvalue weighted by atomic mass is 10.1. The molecule has 22 heavy (non-hydrogen) atoms. The molecule has 0 aliphatic carbocycles. The lowest BCUT2D eigenvalue weighted by Crippen LogP contribution is -2.29. The van der Waals surface area contributed by atoms with E-state index in [-0.39, 0.29) is 5.97 Å². The third-order valence-electron chi connectivity index (χ3n) is 3.41. The van der Waals surface area contributed by atoms with Crippen molar-refractivity contribution in [3.05, 3.63) is 42.5 Å². The van der Waals surface area contributed by atoms with Gasteiger partial charge in [0.2, 0.25) is 0 Å². The Balaban J connectivity index is 1.86. The molecule has 0 saturated carbocycles. The maximum absolute atomic E-state index is 11.1. The first-order valence-electron chi connectivity index (χ1n) is 7.15. The molecule has 1 N–H and O–H groups in total. The summed E-state index contributed by atoms with van der Waals surface area (Å²) < 4.78 is 11.1. The summed E-state index contributed by atoms with van der Waals surface area (Å²) in [6.07, 6.45) is 4.04. The van der Waals surface area contributed by atoms with Crippen molar-refractivity contribution in [2.75, 3.05) is 0 Å². The molecule has 0 fully saturated rings. The number of nitrogens with zero attached hydrogens (tertiary/aromatic N) is 1. The summed E-state index contributed by atoms with van der Waals surface area (Å²) in [4.78, 5) is 18.6. The molecule has 5 heteroatoms. The van der Waals surface area contributed by atoms with Gasteiger partial charge in [-0.15, -0.1) is 0 Å². The Hall–Kier alpha value is -2.56. The SMILES string of the molecule is CC(=O)OC(C)(C)Cc1ncc(-c2c[nH]c3ccccc23)o1. The number of carbonyl (C=O) groups excluding carboxylic acids is 1. The van der Waals surface area contributed by atoms with Gasteiger partial charge in [0.1, 0.15) is 5.60 Å². The minimum Gasteiger partial charge on any atom is -0.459 e. The van der Waals surface area contributed by atoms with Crippen molar-refractivity contribution in [3.8, 4) is 11.3 Å². The highest BCUT2D eigenvalue weighted by atomic mass is 16.6. The number of para-hydroxylation sites is 1. The van der Waals surface area contributed by atoms with Crippen LogP contribution in [-0.2, 0) is 16.0 Å². The van der Waals surface area contributed by atoms with Gasteiger partial charge in [0.05, 0.1) is 12.6 Å². The Kier molecular flexibility index (Phi) is 3.48. The van der Waals surface area contributed by atoms with Crippen LogP contribution in [0.1, 0.15) is 26.7 Å². The highest BCUT2D eigenvalue weighted by Gasteiger charge is 2.25. The Morgan fingerprint density at radius 3 is 2.91 bits per heavy atom. The average molecular weight is 298 g/mol. The number of rotatable bonds is 4. The molecule has 114 valence electrons. The molecule has 0 aliphatic heterocycles. The van der Waals surface area contributed by atoms with Crippen molar-refractivity contribution in [2.24, 2.45) is 0 Å². The van der Waals surface area contributed by atoms with Gasteiger partial charge in [0.25, 0.3) is 0 Å². The largest absolute Gasteiger partial charge is 0.459 e. The van der Waals surface area contributed by atoms with Gasteiger partial charge >= 0.3 is 5.97 Å². The van der Waals surface area contributed by atoms with Crippen molar-refractivity contribution in [1.29, 1.82) is 0 Å². The Bertz CT molecular complexity index is 814. The fourth-order valence-electron chi connectivity index (χ4n) is 2.58. The summed E-state index contributed by atoms with van der Waals surface area (Å²) in [6, 6.07) is 8.02. The molecule has 2 heterocycles. The van der Waals surface area contributed by atoms with E-state index < -0.39 is 5.60 Å². The summed E-state index contributed by atoms with van der Waals surface area (Å²) in [5.74, 6) is 0.936. The molecular weight excluding hydrogens is 280 g/mol. The van der Waals surface area contributed by atoms with Gasteiger partial charge in [-0.1, -0.05) is 18.2 Å². The highest BCUT2D eigenvalue weighted by Crippen LogP contribution is 2.29. The predicted octanol–water partition coefficient (Wildman–Crippen LogP) is 3.71. The molecule has 1 aromatic carbocycles. The fraction of sp³-hybridized carbons (Fsp3) is 0.294. The maximum Gasteiger partial charge on any atom is 0.303 e. The molecule has 3 rings (SSSR count). The fourth-order valence-corrected chi connectivity index (χ4v) is 2.58. The normalized spacial score (nSPS) is 11.8. The maximum atomic E-state index is 11.1. The Labute approximate surface area is 128 Å². The van der Waals surface area contributed by atoms with Crippen LogP contribution in [-0.4, -0.2) is 21.5 Å². The van der Waals surface area contributed by atoms with Gasteiger partial charge in [0.15, 0.2) is 11.7 Å². The zero-order chi connectivity index (χ0) is 15.7. The summed E-state index contributed by atoms with van der Waals surface area (Å²) in [5.41, 5.74) is 1.38. The number of esters is 1. The number of carbonyl (C=O) groups is 1. The summed E-state index contributed by atoms with van der Waals surface area (Å²) in [5, 5.41) is 1.09. The molecule has 0 atom stereocenters. The van der Waals surface area contributed by atoms with E-state index in [0.29, 0.717) is 18.1 Å². The zero-order valence-corrected chi connectivity index (χ0v) is 12.8. The number of hydrogen-bond donors (Lipinski definition) is 1. The standard InChI is InChI=1S/C17H18N2O3/c1-11(20)22-17(2,3)8-16-19-10-15(21-16)13-9-18-14-7-5-4-6-12(13)14/h4-7,9-10,18H,8H2,1-3H3. The quantitative estimate of drug-likeness (QED) is 0.746. The van der Waals surface area contributed by atoms with Crippen molar-refractivity contribution < 1.29 is 13.9 Å². The van der Waals surface area contributed by atoms with Gasteiger partial charge in [-0.2, -0.15) is 0 Å². The van der Waals surface area contributed by atoms with Crippen LogP contribution in [0.4, 0.5) is 0 Å². The van der Waals surface area contributed by atoms with Crippen LogP contribution in [0.3, 0.4) is 0 Å². The number of benzene rings is 1. The number of aromatic amines is 1. The first-order chi connectivity index (χ1) is 10.4. The van der Waals surface area contributed by atoms with Gasteiger partial charge in [-0.3, -0.25) is 4.79 Å². The lowest BCUT2D eigenvalue weighted by Gasteiger charge is -2.22. The second kappa shape index (κ2) is 5.33. The number of H-pyrrole nitrogens is 1. The third-order valence-corrected chi connectivity index (χ3v) is 3.41. The highest BCUT2D eigenvalue weighted by molar-refractivity contribution is 5.93. The summed E-state index contributed by atoms with van der Waals surface area (Å²) in [7, 11) is 0. The van der Waals surface area contributed by atoms with Crippen molar-refractivity contribution >= 4 is 16.9 Å². The second-order valence-electron chi connectivity index (χ2n) is 5.90. The van der Waals surface area contributed by atoms with E-state index in [4.69, 9.17) is 9.15 Å². The van der Waals surface area contributed by atoms with E-state index in [9.17, 15) is 4.79 Å². The molecule has 0 saturated heterocycles. The van der Waals surface area contributed by atoms with Gasteiger partial charge in [0, 0.05) is 29.6 Å². The van der Waals surface area contributed by atoms with Crippen LogP contribution in [0.2, 0.25) is 0 Å². The molecule has 3 aromatic rings. The molecule has 2 aromatic heterocycles. The summed E-state index contributed by atoms with van der Waals surface area (Å²) >= 11 is 0. The number of aromatic nitrogens is 2. The van der Waals surface area contributed by atoms with Gasteiger partial charge in [-0.25, -0.2) is 4.98 Å². The van der Waals surface area contributed by atoms with E-state index >= 15 is 0 Å². The lowest BCUT2D eigenvalue weighted by molar-refractivity contribution is -0.153. The Morgan fingerprint density at radius 2 is 2.14 bits per heavy atom. The van der Waals surface area contributed by atoms with Crippen LogP contribution < -0.4 is 0 Å². The molecule has 0 unspecified atom stereocenters. The smallest absolute Gasteiger partial charge is 0.303 e. The van der Waals surface area contributed by atoms with Crippen LogP contribution >= 0.6 is 0 Å². The number of nitrogens with one attached hydrogen (secondary N) is 1. The van der Waals surface area contributed by atoms with Gasteiger partial charge < -0.3 is 14.1 Å². The van der Waals surface area contributed by atoms with Crippen molar-refractivity contribution in [3.63, 3.8) is 0 Å². The minimum absolute atomic E-state index is 0.312. The van der Waals surface area contributed by atoms with E-state index in [1.807, 2.05) is 44.3 Å². The first kappa shape index (κ1) is 14.4. The van der Waals surface area contributed by atoms with Crippen LogP contribution in [0.15, 0.2) is 41.1 Å². The molecule has 0 radical (unpaired) electrons. The van der Waals surface area contributed by atoms with E-state index in [0.717, 1.165) is 16.5 Å². The van der Waals surface area contributed by atoms with E-state index in [2.05, 4.69) is 9.97 Å². The molecule has 0 aliphatic rings. The second-order valence-corrected chi connectivity index (χ2v) is 5.90. The van der Waals surface area contributed by atoms with Crippen LogP contribution in [0, 0.1) is 0 Å². The molecule has 0 amide bonds. The molecular formula is C17H18N2O3. The molecule has 0 spiro atoms. The predicted molar refractivity (Wildman–Crippen MR) is 83.3 cm³/mol. The van der Waals surface area contributed by atoms with E-state index in [1.165, 1.54) is 6.92 Å². The monoisotopic (exact) mass is 298 g/mol. The van der Waals surface area contributed by atoms with Gasteiger partial charge in [-0.05, 0) is 19.9 Å². The molecule has 0 bridgehead atoms.